The molecule has 4 fully saturated rings. The number of carbonyl (C=O) groups is 1. The zero-order valence-electron chi connectivity index (χ0n) is 29.9. The van der Waals surface area contributed by atoms with Crippen molar-refractivity contribution < 1.29 is 18.8 Å². The molecule has 4 saturated carbocycles. The Morgan fingerprint density at radius 1 is 0.833 bits per heavy atom. The highest BCUT2D eigenvalue weighted by molar-refractivity contribution is 6.75. The molecule has 0 saturated heterocycles. The van der Waals surface area contributed by atoms with E-state index >= 15 is 0 Å². The van der Waals surface area contributed by atoms with Crippen LogP contribution < -0.4 is 0 Å². The molecular weight excluding hydrogens is 553 g/mol. The van der Waals surface area contributed by atoms with Crippen molar-refractivity contribution in [3.05, 3.63) is 0 Å². The number of carboxylic acids is 1. The fourth-order valence-corrected chi connectivity index (χ4v) is 13.4. The van der Waals surface area contributed by atoms with Gasteiger partial charge in [-0.1, -0.05) is 62.3 Å². The summed E-state index contributed by atoms with van der Waals surface area (Å²) in [7, 11) is -4.28. The van der Waals surface area contributed by atoms with E-state index in [1.165, 1.54) is 51.4 Å². The van der Waals surface area contributed by atoms with Gasteiger partial charge in [0.2, 0.25) is 0 Å². The molecule has 4 aliphatic rings. The van der Waals surface area contributed by atoms with Gasteiger partial charge in [0.1, 0.15) is 0 Å². The maximum absolute atomic E-state index is 11.4. The molecule has 0 radical (unpaired) electrons. The number of hydrogen-bond acceptors (Lipinski definition) is 3. The fraction of sp³-hybridized carbons (Fsp3) is 0.972. The van der Waals surface area contributed by atoms with Gasteiger partial charge in [0, 0.05) is 18.3 Å². The van der Waals surface area contributed by atoms with Gasteiger partial charge in [0.15, 0.2) is 22.4 Å². The van der Waals surface area contributed by atoms with Crippen molar-refractivity contribution in [1.82, 2.24) is 0 Å². The van der Waals surface area contributed by atoms with Gasteiger partial charge in [0.05, 0.1) is 0 Å². The summed E-state index contributed by atoms with van der Waals surface area (Å²) >= 11 is 0. The van der Waals surface area contributed by atoms with Crippen molar-refractivity contribution in [3.63, 3.8) is 0 Å². The lowest BCUT2D eigenvalue weighted by Crippen LogP contribution is -2.70. The molecule has 0 heterocycles. The molecule has 0 bridgehead atoms. The van der Waals surface area contributed by atoms with Crippen LogP contribution >= 0.6 is 0 Å². The van der Waals surface area contributed by atoms with E-state index < -0.39 is 28.4 Å². The van der Waals surface area contributed by atoms with Gasteiger partial charge in [-0.2, -0.15) is 0 Å². The Morgan fingerprint density at radius 3 is 1.93 bits per heavy atom. The van der Waals surface area contributed by atoms with Crippen LogP contribution in [-0.4, -0.2) is 33.5 Å². The first-order valence-corrected chi connectivity index (χ1v) is 23.5. The summed E-state index contributed by atoms with van der Waals surface area (Å²) in [6, 6.07) is 0. The monoisotopic (exact) mass is 620 g/mol. The van der Waals surface area contributed by atoms with Gasteiger partial charge in [-0.25, -0.2) is 0 Å². The van der Waals surface area contributed by atoms with E-state index in [2.05, 4.69) is 88.5 Å². The molecule has 0 aliphatic heterocycles. The van der Waals surface area contributed by atoms with E-state index in [0.29, 0.717) is 35.5 Å². The normalized spacial score (nSPS) is 37.9. The Kier molecular flexibility index (Phi) is 9.30. The Morgan fingerprint density at radius 2 is 1.40 bits per heavy atom. The first kappa shape index (κ1) is 34.7. The van der Waals surface area contributed by atoms with Crippen LogP contribution in [0.5, 0.6) is 0 Å². The number of fused-ring (bicyclic) bond motifs is 5. The van der Waals surface area contributed by atoms with Crippen molar-refractivity contribution in [2.75, 3.05) is 0 Å². The average molecular weight is 621 g/mol. The highest BCUT2D eigenvalue weighted by atomic mass is 28.4. The largest absolute Gasteiger partial charge is 0.481 e. The minimum absolute atomic E-state index is 0.0214. The number of carboxylic acid groups (broad SMARTS) is 1. The molecule has 4 nitrogen and oxygen atoms in total. The minimum atomic E-state index is -2.14. The average Bonchev–Trinajstić information content (AvgIpc) is 3.18. The van der Waals surface area contributed by atoms with Crippen molar-refractivity contribution in [3.8, 4) is 0 Å². The van der Waals surface area contributed by atoms with Gasteiger partial charge < -0.3 is 14.0 Å². The van der Waals surface area contributed by atoms with Crippen molar-refractivity contribution >= 4 is 22.6 Å². The van der Waals surface area contributed by atoms with E-state index in [4.69, 9.17) is 8.85 Å². The zero-order chi connectivity index (χ0) is 31.7. The van der Waals surface area contributed by atoms with Crippen LogP contribution in [0.4, 0.5) is 0 Å². The van der Waals surface area contributed by atoms with Gasteiger partial charge in [0.25, 0.3) is 0 Å². The fourth-order valence-electron chi connectivity index (χ4n) is 10.3. The molecule has 0 spiro atoms. The third kappa shape index (κ3) is 5.68. The molecule has 244 valence electrons. The van der Waals surface area contributed by atoms with E-state index in [1.807, 2.05) is 0 Å². The maximum atomic E-state index is 11.4. The first-order chi connectivity index (χ1) is 19.0. The Balaban J connectivity index is 1.76. The standard InChI is InChI=1S/C36H68O4Si2/c1-25(16-21-31(37)38)28-19-20-29-27-18-17-26-15-14-23-36(39-41(10,11)32(2,3)4,40-42(12,13)33(5,6)7)35(26,9)30(27)22-24-34(28,29)8/h25-30H,14-24H2,1-13H3,(H,37,38)/t25-,26+,27+,28-,29+,30+,34-,35+/m1/s1. The Hall–Kier alpha value is -0.176. The lowest BCUT2D eigenvalue weighted by Gasteiger charge is -2.68. The summed E-state index contributed by atoms with van der Waals surface area (Å²) in [4.78, 5) is 11.4. The molecule has 0 aromatic rings. The first-order valence-electron chi connectivity index (χ1n) is 17.6. The van der Waals surface area contributed by atoms with Crippen LogP contribution in [0.2, 0.25) is 36.3 Å². The minimum Gasteiger partial charge on any atom is -0.481 e. The highest BCUT2D eigenvalue weighted by Crippen LogP contribution is 2.71. The second-order valence-electron chi connectivity index (χ2n) is 18.9. The topological polar surface area (TPSA) is 55.8 Å². The molecule has 1 N–H and O–H groups in total. The molecular formula is C36H68O4Si2. The van der Waals surface area contributed by atoms with Gasteiger partial charge in [-0.05, 0) is 135 Å². The molecule has 0 aromatic carbocycles. The lowest BCUT2D eigenvalue weighted by molar-refractivity contribution is -0.295. The molecule has 0 unspecified atom stereocenters. The van der Waals surface area contributed by atoms with Crippen LogP contribution in [-0.2, 0) is 13.6 Å². The lowest BCUT2D eigenvalue weighted by atomic mass is 9.43. The van der Waals surface area contributed by atoms with Crippen molar-refractivity contribution in [1.29, 1.82) is 0 Å². The summed E-state index contributed by atoms with van der Waals surface area (Å²) in [5.41, 5.74) is 0.355. The Bertz CT molecular complexity index is 965. The summed E-state index contributed by atoms with van der Waals surface area (Å²) < 4.78 is 15.7. The smallest absolute Gasteiger partial charge is 0.303 e. The zero-order valence-corrected chi connectivity index (χ0v) is 31.9. The van der Waals surface area contributed by atoms with Crippen molar-refractivity contribution in [2.24, 2.45) is 46.3 Å². The third-order valence-electron chi connectivity index (χ3n) is 14.8. The quantitative estimate of drug-likeness (QED) is 0.217. The van der Waals surface area contributed by atoms with E-state index in [1.54, 1.807) is 0 Å². The van der Waals surface area contributed by atoms with Crippen molar-refractivity contribution in [2.45, 2.75) is 175 Å². The molecule has 8 atom stereocenters. The van der Waals surface area contributed by atoms with Crippen LogP contribution in [0.1, 0.15) is 133 Å². The summed E-state index contributed by atoms with van der Waals surface area (Å²) in [6.45, 7) is 31.8. The summed E-state index contributed by atoms with van der Waals surface area (Å²) in [5, 5.41) is 9.65. The molecule has 4 rings (SSSR count). The summed E-state index contributed by atoms with van der Waals surface area (Å²) in [6.07, 6.45) is 12.5. The van der Waals surface area contributed by atoms with Crippen LogP contribution in [0, 0.1) is 46.3 Å². The van der Waals surface area contributed by atoms with E-state index in [0.717, 1.165) is 24.7 Å². The predicted molar refractivity (Wildman–Crippen MR) is 181 cm³/mol. The van der Waals surface area contributed by atoms with Gasteiger partial charge in [-0.3, -0.25) is 4.79 Å². The van der Waals surface area contributed by atoms with Crippen LogP contribution in [0.15, 0.2) is 0 Å². The molecule has 4 aliphatic carbocycles. The molecule has 42 heavy (non-hydrogen) atoms. The van der Waals surface area contributed by atoms with Crippen LogP contribution in [0.25, 0.3) is 0 Å². The number of hydrogen-bond donors (Lipinski definition) is 1. The second kappa shape index (κ2) is 11.3. The number of rotatable bonds is 8. The van der Waals surface area contributed by atoms with Gasteiger partial charge >= 0.3 is 5.97 Å². The van der Waals surface area contributed by atoms with E-state index in [9.17, 15) is 9.90 Å². The number of aliphatic carboxylic acids is 1. The third-order valence-corrected chi connectivity index (χ3v) is 23.7. The second-order valence-corrected chi connectivity index (χ2v) is 28.4. The molecule has 0 aromatic heterocycles. The maximum Gasteiger partial charge on any atom is 0.303 e. The van der Waals surface area contributed by atoms with Gasteiger partial charge in [-0.15, -0.1) is 0 Å². The SMILES string of the molecule is C[C@H](CCC(=O)O)[C@H]1CC[C@H]2[C@@H]3CC[C@@H]4CCCC(O[Si](C)(C)C(C)(C)C)(O[Si](C)(C)C(C)(C)C)[C@]4(C)[C@H]3CC[C@]12C. The molecule has 6 heteroatoms. The van der Waals surface area contributed by atoms with Crippen LogP contribution in [0.3, 0.4) is 0 Å². The Labute approximate surface area is 262 Å². The highest BCUT2D eigenvalue weighted by Gasteiger charge is 2.69. The van der Waals surface area contributed by atoms with E-state index in [-0.39, 0.29) is 15.5 Å². The molecule has 0 amide bonds. The predicted octanol–water partition coefficient (Wildman–Crippen LogP) is 10.9. The summed E-state index contributed by atoms with van der Waals surface area (Å²) in [5.74, 6) is 2.75.